The molecular weight excluding hydrogens is 410 g/mol. The van der Waals surface area contributed by atoms with Crippen LogP contribution in [0.25, 0.3) is 5.95 Å². The molecule has 4 aromatic rings. The van der Waals surface area contributed by atoms with Crippen LogP contribution in [-0.4, -0.2) is 41.7 Å². The van der Waals surface area contributed by atoms with Crippen molar-refractivity contribution in [1.29, 1.82) is 10.5 Å². The maximum absolute atomic E-state index is 9.72. The van der Waals surface area contributed by atoms with Gasteiger partial charge in [0.1, 0.15) is 29.0 Å². The fourth-order valence-electron chi connectivity index (χ4n) is 2.83. The highest BCUT2D eigenvalue weighted by molar-refractivity contribution is 5.75. The standard InChI is InChI=1S/C19H15N13/c1-11-13(9-21)15(29-18-23-6-7-24-18)28-16(22-2)14(11)30-31-17-12(8-20)10-27-32(17)19-25-4-3-5-26-19/h3-7,10H,1-2H3,(H3,22,23,24,28,29). The first kappa shape index (κ1) is 20.1. The van der Waals surface area contributed by atoms with Crippen LogP contribution in [0.3, 0.4) is 0 Å². The lowest BCUT2D eigenvalue weighted by Gasteiger charge is -2.13. The Morgan fingerprint density at radius 2 is 1.88 bits per heavy atom. The van der Waals surface area contributed by atoms with Gasteiger partial charge in [-0.05, 0) is 13.0 Å². The zero-order valence-electron chi connectivity index (χ0n) is 16.9. The number of hydrogen-bond donors (Lipinski definition) is 3. The molecule has 0 fully saturated rings. The van der Waals surface area contributed by atoms with E-state index in [0.29, 0.717) is 28.8 Å². The van der Waals surface area contributed by atoms with E-state index in [1.54, 1.807) is 44.8 Å². The van der Waals surface area contributed by atoms with E-state index in [1.807, 2.05) is 6.07 Å². The Bertz CT molecular complexity index is 1360. The van der Waals surface area contributed by atoms with Crippen molar-refractivity contribution in [2.24, 2.45) is 10.2 Å². The number of pyridine rings is 1. The summed E-state index contributed by atoms with van der Waals surface area (Å²) in [6.45, 7) is 1.73. The highest BCUT2D eigenvalue weighted by Crippen LogP contribution is 2.35. The number of nitriles is 2. The van der Waals surface area contributed by atoms with Gasteiger partial charge >= 0.3 is 0 Å². The predicted molar refractivity (Wildman–Crippen MR) is 113 cm³/mol. The van der Waals surface area contributed by atoms with Crippen LogP contribution < -0.4 is 10.6 Å². The fourth-order valence-corrected chi connectivity index (χ4v) is 2.83. The van der Waals surface area contributed by atoms with Gasteiger partial charge in [-0.25, -0.2) is 19.9 Å². The predicted octanol–water partition coefficient (Wildman–Crippen LogP) is 3.03. The summed E-state index contributed by atoms with van der Waals surface area (Å²) >= 11 is 0. The van der Waals surface area contributed by atoms with Gasteiger partial charge in [0.25, 0.3) is 5.95 Å². The van der Waals surface area contributed by atoms with Crippen LogP contribution in [0.4, 0.5) is 29.1 Å². The summed E-state index contributed by atoms with van der Waals surface area (Å²) in [5.74, 6) is 1.51. The van der Waals surface area contributed by atoms with Gasteiger partial charge in [-0.2, -0.15) is 20.3 Å². The highest BCUT2D eigenvalue weighted by atomic mass is 15.4. The lowest BCUT2D eigenvalue weighted by Crippen LogP contribution is -2.04. The number of nitrogens with zero attached hydrogens (tertiary/aromatic N) is 10. The third-order valence-corrected chi connectivity index (χ3v) is 4.35. The number of rotatable bonds is 6. The summed E-state index contributed by atoms with van der Waals surface area (Å²) in [5, 5.41) is 37.7. The van der Waals surface area contributed by atoms with E-state index in [1.165, 1.54) is 10.9 Å². The summed E-state index contributed by atoms with van der Waals surface area (Å²) in [6, 6.07) is 5.82. The van der Waals surface area contributed by atoms with Gasteiger partial charge in [0.05, 0.1) is 6.20 Å². The number of aromatic amines is 1. The van der Waals surface area contributed by atoms with E-state index in [4.69, 9.17) is 0 Å². The Labute approximate surface area is 181 Å². The van der Waals surface area contributed by atoms with Crippen LogP contribution in [-0.2, 0) is 0 Å². The molecule has 3 N–H and O–H groups in total. The van der Waals surface area contributed by atoms with Crippen LogP contribution in [0.2, 0.25) is 0 Å². The Kier molecular flexibility index (Phi) is 5.46. The second-order valence-electron chi connectivity index (χ2n) is 6.24. The van der Waals surface area contributed by atoms with Crippen LogP contribution in [0.5, 0.6) is 0 Å². The van der Waals surface area contributed by atoms with E-state index >= 15 is 0 Å². The number of imidazole rings is 1. The SMILES string of the molecule is CNc1nc(Nc2ncc[nH]2)c(C#N)c(C)c1N=Nc1c(C#N)cnn1-c1ncccn1. The Hall–Kier alpha value is -5.17. The number of H-pyrrole nitrogens is 1. The monoisotopic (exact) mass is 425 g/mol. The van der Waals surface area contributed by atoms with Gasteiger partial charge in [0.15, 0.2) is 17.5 Å². The molecule has 4 rings (SSSR count). The first-order chi connectivity index (χ1) is 15.7. The molecule has 0 atom stereocenters. The van der Waals surface area contributed by atoms with Crippen molar-refractivity contribution in [3.63, 3.8) is 0 Å². The second-order valence-corrected chi connectivity index (χ2v) is 6.24. The lowest BCUT2D eigenvalue weighted by atomic mass is 10.1. The first-order valence-electron chi connectivity index (χ1n) is 9.22. The third-order valence-electron chi connectivity index (χ3n) is 4.35. The van der Waals surface area contributed by atoms with Crippen molar-refractivity contribution in [1.82, 2.24) is 34.7 Å². The summed E-state index contributed by atoms with van der Waals surface area (Å²) in [7, 11) is 1.67. The molecule has 0 bridgehead atoms. The molecule has 13 nitrogen and oxygen atoms in total. The molecule has 0 spiro atoms. The van der Waals surface area contributed by atoms with Crippen LogP contribution in [0.1, 0.15) is 16.7 Å². The number of hydrogen-bond acceptors (Lipinski definition) is 11. The molecule has 0 aliphatic heterocycles. The Morgan fingerprint density at radius 3 is 2.53 bits per heavy atom. The molecule has 4 heterocycles. The highest BCUT2D eigenvalue weighted by Gasteiger charge is 2.19. The zero-order valence-corrected chi connectivity index (χ0v) is 16.9. The first-order valence-corrected chi connectivity index (χ1v) is 9.22. The minimum absolute atomic E-state index is 0.149. The van der Waals surface area contributed by atoms with E-state index < -0.39 is 0 Å². The summed E-state index contributed by atoms with van der Waals surface area (Å²) in [4.78, 5) is 19.7. The van der Waals surface area contributed by atoms with Gasteiger partial charge in [-0.3, -0.25) is 0 Å². The average Bonchev–Trinajstić information content (AvgIpc) is 3.48. The van der Waals surface area contributed by atoms with Crippen molar-refractivity contribution in [3.8, 4) is 18.1 Å². The number of aromatic nitrogens is 7. The largest absolute Gasteiger partial charge is 0.371 e. The topological polar surface area (TPSA) is 182 Å². The molecule has 0 aliphatic rings. The molecule has 0 unspecified atom stereocenters. The maximum Gasteiger partial charge on any atom is 0.252 e. The molecule has 32 heavy (non-hydrogen) atoms. The van der Waals surface area contributed by atoms with Crippen LogP contribution in [0, 0.1) is 29.6 Å². The van der Waals surface area contributed by atoms with Crippen molar-refractivity contribution in [2.45, 2.75) is 6.92 Å². The smallest absolute Gasteiger partial charge is 0.252 e. The molecular formula is C19H15N13. The minimum atomic E-state index is 0.149. The van der Waals surface area contributed by atoms with E-state index in [-0.39, 0.29) is 22.9 Å². The molecule has 0 amide bonds. The average molecular weight is 425 g/mol. The lowest BCUT2D eigenvalue weighted by molar-refractivity contribution is 0.803. The van der Waals surface area contributed by atoms with E-state index in [2.05, 4.69) is 56.9 Å². The van der Waals surface area contributed by atoms with E-state index in [0.717, 1.165) is 0 Å². The van der Waals surface area contributed by atoms with Crippen LogP contribution in [0.15, 0.2) is 47.3 Å². The van der Waals surface area contributed by atoms with E-state index in [9.17, 15) is 10.5 Å². The molecule has 0 saturated carbocycles. The Balaban J connectivity index is 1.80. The molecule has 0 aromatic carbocycles. The van der Waals surface area contributed by atoms with Gasteiger partial charge in [-0.15, -0.1) is 10.2 Å². The number of nitrogens with one attached hydrogen (secondary N) is 3. The van der Waals surface area contributed by atoms with Crippen molar-refractivity contribution < 1.29 is 0 Å². The summed E-state index contributed by atoms with van der Waals surface area (Å²) in [5.41, 5.74) is 1.33. The normalized spacial score (nSPS) is 10.6. The Morgan fingerprint density at radius 1 is 1.06 bits per heavy atom. The molecule has 4 aromatic heterocycles. The van der Waals surface area contributed by atoms with Gasteiger partial charge in [0, 0.05) is 37.4 Å². The van der Waals surface area contributed by atoms with Gasteiger partial charge in [0.2, 0.25) is 5.95 Å². The molecule has 13 heteroatoms. The molecule has 0 saturated heterocycles. The fraction of sp³-hybridized carbons (Fsp3) is 0.105. The molecule has 0 aliphatic carbocycles. The van der Waals surface area contributed by atoms with Crippen molar-refractivity contribution in [2.75, 3.05) is 17.7 Å². The second kappa shape index (κ2) is 8.68. The summed E-state index contributed by atoms with van der Waals surface area (Å²) in [6.07, 6.45) is 7.68. The maximum atomic E-state index is 9.72. The van der Waals surface area contributed by atoms with Gasteiger partial charge < -0.3 is 15.6 Å². The van der Waals surface area contributed by atoms with Gasteiger partial charge in [-0.1, -0.05) is 0 Å². The minimum Gasteiger partial charge on any atom is -0.371 e. The third kappa shape index (κ3) is 3.69. The number of azo groups is 1. The molecule has 0 radical (unpaired) electrons. The quantitative estimate of drug-likeness (QED) is 0.391. The van der Waals surface area contributed by atoms with Crippen molar-refractivity contribution in [3.05, 3.63) is 53.7 Å². The molecule has 156 valence electrons. The zero-order chi connectivity index (χ0) is 22.5. The number of anilines is 3. The summed E-state index contributed by atoms with van der Waals surface area (Å²) < 4.78 is 1.31. The van der Waals surface area contributed by atoms with Crippen molar-refractivity contribution >= 4 is 29.1 Å². The van der Waals surface area contributed by atoms with Crippen LogP contribution >= 0.6 is 0 Å².